The monoisotopic (exact) mass is 474 g/mol. The Hall–Kier alpha value is -3.22. The molecule has 10 nitrogen and oxygen atoms in total. The highest BCUT2D eigenvalue weighted by Gasteiger charge is 2.23. The lowest BCUT2D eigenvalue weighted by Gasteiger charge is -2.17. The Labute approximate surface area is 192 Å². The van der Waals surface area contributed by atoms with E-state index < -0.39 is 6.04 Å². The number of nitrogens with one attached hydrogen (secondary N) is 2. The van der Waals surface area contributed by atoms with Gasteiger partial charge in [-0.25, -0.2) is 4.98 Å². The fraction of sp³-hybridized carbons (Fsp3) is 0.250. The molecule has 32 heavy (non-hydrogen) atoms. The van der Waals surface area contributed by atoms with Crippen LogP contribution in [-0.2, 0) is 11.3 Å². The van der Waals surface area contributed by atoms with Gasteiger partial charge in [-0.2, -0.15) is 0 Å². The topological polar surface area (TPSA) is 131 Å². The van der Waals surface area contributed by atoms with Gasteiger partial charge < -0.3 is 25.0 Å². The Morgan fingerprint density at radius 3 is 2.75 bits per heavy atom. The Balaban J connectivity index is 1.70. The molecule has 0 saturated heterocycles. The molecule has 1 aromatic carbocycles. The number of anilines is 1. The molecule has 0 aliphatic heterocycles. The number of aliphatic hydroxyl groups is 1. The summed E-state index contributed by atoms with van der Waals surface area (Å²) >= 11 is 2.51. The van der Waals surface area contributed by atoms with Crippen LogP contribution in [0.1, 0.15) is 22.2 Å². The maximum absolute atomic E-state index is 12.6. The minimum Gasteiger partial charge on any atom is -0.497 e. The van der Waals surface area contributed by atoms with Gasteiger partial charge in [-0.15, -0.1) is 28.1 Å². The predicted octanol–water partition coefficient (Wildman–Crippen LogP) is 2.12. The third-order valence-electron chi connectivity index (χ3n) is 4.22. The van der Waals surface area contributed by atoms with E-state index in [2.05, 4.69) is 32.4 Å². The van der Waals surface area contributed by atoms with Gasteiger partial charge in [0, 0.05) is 23.7 Å². The minimum absolute atomic E-state index is 0.0941. The first kappa shape index (κ1) is 23.4. The normalized spacial score (nSPS) is 11.6. The van der Waals surface area contributed by atoms with Crippen molar-refractivity contribution in [2.24, 2.45) is 0 Å². The molecule has 2 aromatic heterocycles. The molecule has 0 saturated carbocycles. The van der Waals surface area contributed by atoms with Gasteiger partial charge in [-0.1, -0.05) is 17.8 Å². The lowest BCUT2D eigenvalue weighted by atomic mass is 10.2. The molecule has 3 aromatic rings. The third-order valence-corrected chi connectivity index (χ3v) is 5.88. The summed E-state index contributed by atoms with van der Waals surface area (Å²) in [7, 11) is 1.54. The zero-order valence-electron chi connectivity index (χ0n) is 17.2. The Kier molecular flexibility index (Phi) is 8.36. The fourth-order valence-electron chi connectivity index (χ4n) is 2.71. The zero-order valence-corrected chi connectivity index (χ0v) is 18.9. The molecular formula is C20H22N6O4S2. The number of carbonyl (C=O) groups excluding carboxylic acids is 2. The number of aliphatic hydroxyl groups excluding tert-OH is 1. The molecule has 168 valence electrons. The third kappa shape index (κ3) is 5.93. The van der Waals surface area contributed by atoms with Crippen LogP contribution < -0.4 is 15.4 Å². The van der Waals surface area contributed by atoms with E-state index in [9.17, 15) is 14.7 Å². The number of carbonyl (C=O) groups is 2. The zero-order chi connectivity index (χ0) is 22.9. The molecule has 2 amide bonds. The molecule has 0 fully saturated rings. The highest BCUT2D eigenvalue weighted by atomic mass is 32.2. The quantitative estimate of drug-likeness (QED) is 0.284. The smallest absolute Gasteiger partial charge is 0.251 e. The van der Waals surface area contributed by atoms with Crippen molar-refractivity contribution in [2.45, 2.75) is 17.7 Å². The van der Waals surface area contributed by atoms with E-state index in [1.54, 1.807) is 53.6 Å². The van der Waals surface area contributed by atoms with Gasteiger partial charge >= 0.3 is 0 Å². The summed E-state index contributed by atoms with van der Waals surface area (Å²) in [5.41, 5.74) is 0.410. The second-order valence-corrected chi connectivity index (χ2v) is 8.19. The molecule has 0 bridgehead atoms. The number of thioether (sulfide) groups is 1. The molecule has 1 atom stereocenters. The number of hydrogen-bond acceptors (Lipinski definition) is 9. The SMILES string of the molecule is C=CCn1c(SCC(=O)Nc2nccs2)nnc1[C@H](CO)NC(=O)c1ccc(OC)cc1. The molecule has 0 spiro atoms. The van der Waals surface area contributed by atoms with Crippen LogP contribution in [0.3, 0.4) is 0 Å². The van der Waals surface area contributed by atoms with Gasteiger partial charge in [0.15, 0.2) is 16.1 Å². The summed E-state index contributed by atoms with van der Waals surface area (Å²) in [6.45, 7) is 3.70. The molecule has 0 aliphatic rings. The highest BCUT2D eigenvalue weighted by Crippen LogP contribution is 2.22. The Morgan fingerprint density at radius 2 is 2.12 bits per heavy atom. The number of methoxy groups -OCH3 is 1. The molecule has 12 heteroatoms. The standard InChI is InChI=1S/C20H22N6O4S2/c1-3-9-26-17(15(11-27)22-18(29)13-4-6-14(30-2)7-5-13)24-25-20(26)32-12-16(28)23-19-21-8-10-31-19/h3-8,10,15,27H,1,9,11-12H2,2H3,(H,22,29)(H,21,23,28)/t15-/m0/s1. The van der Waals surface area contributed by atoms with E-state index in [1.165, 1.54) is 23.1 Å². The summed E-state index contributed by atoms with van der Waals surface area (Å²) in [6.07, 6.45) is 3.25. The van der Waals surface area contributed by atoms with Gasteiger partial charge in [0.2, 0.25) is 5.91 Å². The first-order valence-corrected chi connectivity index (χ1v) is 11.3. The van der Waals surface area contributed by atoms with Crippen molar-refractivity contribution in [1.29, 1.82) is 0 Å². The highest BCUT2D eigenvalue weighted by molar-refractivity contribution is 7.99. The summed E-state index contributed by atoms with van der Waals surface area (Å²) in [5.74, 6) is 0.475. The van der Waals surface area contributed by atoms with E-state index in [0.29, 0.717) is 34.0 Å². The average molecular weight is 475 g/mol. The van der Waals surface area contributed by atoms with Crippen LogP contribution in [0, 0.1) is 0 Å². The summed E-state index contributed by atoms with van der Waals surface area (Å²) in [4.78, 5) is 28.8. The van der Waals surface area contributed by atoms with Crippen molar-refractivity contribution >= 4 is 40.0 Å². The van der Waals surface area contributed by atoms with Crippen molar-refractivity contribution < 1.29 is 19.4 Å². The lowest BCUT2D eigenvalue weighted by molar-refractivity contribution is -0.113. The molecular weight excluding hydrogens is 452 g/mol. The Morgan fingerprint density at radius 1 is 1.34 bits per heavy atom. The van der Waals surface area contributed by atoms with Crippen LogP contribution >= 0.6 is 23.1 Å². The van der Waals surface area contributed by atoms with Gasteiger partial charge in [-0.05, 0) is 24.3 Å². The number of nitrogens with zero attached hydrogens (tertiary/aromatic N) is 4. The van der Waals surface area contributed by atoms with Crippen molar-refractivity contribution in [3.05, 3.63) is 59.9 Å². The van der Waals surface area contributed by atoms with E-state index in [4.69, 9.17) is 4.74 Å². The minimum atomic E-state index is -0.796. The van der Waals surface area contributed by atoms with Crippen LogP contribution in [0.4, 0.5) is 5.13 Å². The second-order valence-electron chi connectivity index (χ2n) is 6.35. The van der Waals surface area contributed by atoms with Crippen LogP contribution in [0.25, 0.3) is 0 Å². The number of ether oxygens (including phenoxy) is 1. The van der Waals surface area contributed by atoms with E-state index in [1.807, 2.05) is 0 Å². The van der Waals surface area contributed by atoms with E-state index >= 15 is 0 Å². The lowest BCUT2D eigenvalue weighted by Crippen LogP contribution is -2.33. The van der Waals surface area contributed by atoms with Gasteiger partial charge in [0.1, 0.15) is 11.8 Å². The second kappa shape index (κ2) is 11.4. The van der Waals surface area contributed by atoms with Crippen molar-refractivity contribution in [2.75, 3.05) is 24.8 Å². The summed E-state index contributed by atoms with van der Waals surface area (Å²) < 4.78 is 6.80. The summed E-state index contributed by atoms with van der Waals surface area (Å²) in [5, 5.41) is 26.4. The van der Waals surface area contributed by atoms with Crippen LogP contribution in [0.5, 0.6) is 5.75 Å². The maximum Gasteiger partial charge on any atom is 0.251 e. The van der Waals surface area contributed by atoms with Gasteiger partial charge in [0.05, 0.1) is 19.5 Å². The summed E-state index contributed by atoms with van der Waals surface area (Å²) in [6, 6.07) is 5.80. The van der Waals surface area contributed by atoms with Crippen molar-refractivity contribution in [1.82, 2.24) is 25.1 Å². The van der Waals surface area contributed by atoms with Gasteiger partial charge in [0.25, 0.3) is 5.91 Å². The van der Waals surface area contributed by atoms with E-state index in [-0.39, 0.29) is 24.2 Å². The first-order chi connectivity index (χ1) is 15.5. The number of amides is 2. The number of thiazole rings is 1. The maximum atomic E-state index is 12.6. The molecule has 3 N–H and O–H groups in total. The van der Waals surface area contributed by atoms with E-state index in [0.717, 1.165) is 0 Å². The van der Waals surface area contributed by atoms with Crippen LogP contribution in [0.15, 0.2) is 53.7 Å². The molecule has 3 rings (SSSR count). The number of allylic oxidation sites excluding steroid dienone is 1. The predicted molar refractivity (Wildman–Crippen MR) is 122 cm³/mol. The van der Waals surface area contributed by atoms with Crippen molar-refractivity contribution in [3.63, 3.8) is 0 Å². The first-order valence-electron chi connectivity index (χ1n) is 9.47. The average Bonchev–Trinajstić information content (AvgIpc) is 3.46. The number of hydrogen-bond donors (Lipinski definition) is 3. The number of benzene rings is 1. The number of rotatable bonds is 11. The molecule has 0 aliphatic carbocycles. The van der Waals surface area contributed by atoms with Crippen molar-refractivity contribution in [3.8, 4) is 5.75 Å². The fourth-order valence-corrected chi connectivity index (χ4v) is 4.01. The van der Waals surface area contributed by atoms with Gasteiger partial charge in [-0.3, -0.25) is 9.59 Å². The molecule has 2 heterocycles. The largest absolute Gasteiger partial charge is 0.497 e. The van der Waals surface area contributed by atoms with Crippen LogP contribution in [-0.4, -0.2) is 56.1 Å². The molecule has 0 unspecified atom stereocenters. The molecule has 0 radical (unpaired) electrons. The number of aromatic nitrogens is 4. The van der Waals surface area contributed by atoms with Crippen LogP contribution in [0.2, 0.25) is 0 Å². The Bertz CT molecular complexity index is 1050.